The van der Waals surface area contributed by atoms with Gasteiger partial charge in [-0.05, 0) is 70.8 Å². The molecule has 42 heavy (non-hydrogen) atoms. The second-order valence-corrected chi connectivity index (χ2v) is 10.4. The first-order valence-corrected chi connectivity index (χ1v) is 13.6. The zero-order chi connectivity index (χ0) is 29.8. The third-order valence-corrected chi connectivity index (χ3v) is 6.92. The van der Waals surface area contributed by atoms with Gasteiger partial charge in [-0.3, -0.25) is 14.3 Å². The number of nitrogens with one attached hydrogen (secondary N) is 1. The molecule has 0 aliphatic heterocycles. The summed E-state index contributed by atoms with van der Waals surface area (Å²) in [7, 11) is 0. The van der Waals surface area contributed by atoms with E-state index in [9.17, 15) is 18.4 Å². The summed E-state index contributed by atoms with van der Waals surface area (Å²) >= 11 is 12.5. The summed E-state index contributed by atoms with van der Waals surface area (Å²) in [6, 6.07) is 24.7. The number of carboxylic acids is 1. The van der Waals surface area contributed by atoms with Crippen LogP contribution in [0.25, 0.3) is 33.6 Å². The SMILES string of the molecule is O=C(O)CCNC(=O)c1ccc(Cn2nc(-c3cc(Cl)cc(Cl)c3)cc2-c2ccc(-c3cc(F)cc(F)c3)cc2)cc1. The number of amides is 1. The number of benzene rings is 4. The smallest absolute Gasteiger partial charge is 0.305 e. The third kappa shape index (κ3) is 7.02. The fourth-order valence-corrected chi connectivity index (χ4v) is 5.01. The van der Waals surface area contributed by atoms with E-state index in [1.807, 2.05) is 22.9 Å². The first-order chi connectivity index (χ1) is 20.1. The molecule has 1 heterocycles. The Morgan fingerprint density at radius 1 is 0.762 bits per heavy atom. The fraction of sp³-hybridized carbons (Fsp3) is 0.0938. The van der Waals surface area contributed by atoms with Crippen LogP contribution in [-0.2, 0) is 11.3 Å². The van der Waals surface area contributed by atoms with Gasteiger partial charge < -0.3 is 10.4 Å². The van der Waals surface area contributed by atoms with Crippen LogP contribution in [0.1, 0.15) is 22.3 Å². The minimum absolute atomic E-state index is 0.0375. The lowest BCUT2D eigenvalue weighted by atomic mass is 10.0. The average Bonchev–Trinajstić information content (AvgIpc) is 3.36. The van der Waals surface area contributed by atoms with Gasteiger partial charge in [0.2, 0.25) is 0 Å². The number of carboxylic acid groups (broad SMARTS) is 1. The molecule has 0 aliphatic rings. The van der Waals surface area contributed by atoms with Gasteiger partial charge in [-0.15, -0.1) is 0 Å². The van der Waals surface area contributed by atoms with Crippen molar-refractivity contribution in [3.63, 3.8) is 0 Å². The Hall–Kier alpha value is -4.53. The summed E-state index contributed by atoms with van der Waals surface area (Å²) in [6.07, 6.45) is -0.161. The van der Waals surface area contributed by atoms with Gasteiger partial charge >= 0.3 is 5.97 Å². The largest absolute Gasteiger partial charge is 0.481 e. The highest BCUT2D eigenvalue weighted by atomic mass is 35.5. The van der Waals surface area contributed by atoms with E-state index < -0.39 is 17.6 Å². The van der Waals surface area contributed by atoms with Gasteiger partial charge in [0.15, 0.2) is 0 Å². The molecule has 2 N–H and O–H groups in total. The topological polar surface area (TPSA) is 84.2 Å². The Morgan fingerprint density at radius 3 is 2.00 bits per heavy atom. The molecule has 1 aromatic heterocycles. The number of aliphatic carboxylic acids is 1. The van der Waals surface area contributed by atoms with Crippen molar-refractivity contribution in [1.29, 1.82) is 0 Å². The molecular formula is C32H23Cl2F2N3O3. The summed E-state index contributed by atoms with van der Waals surface area (Å²) in [5.41, 5.74) is 5.31. The molecule has 5 rings (SSSR count). The number of nitrogens with zero attached hydrogens (tertiary/aromatic N) is 2. The fourth-order valence-electron chi connectivity index (χ4n) is 4.49. The van der Waals surface area contributed by atoms with Crippen LogP contribution in [0.3, 0.4) is 0 Å². The van der Waals surface area contributed by atoms with Crippen LogP contribution in [0.4, 0.5) is 8.78 Å². The molecule has 0 spiro atoms. The van der Waals surface area contributed by atoms with Crippen LogP contribution < -0.4 is 5.32 Å². The molecule has 212 valence electrons. The van der Waals surface area contributed by atoms with E-state index >= 15 is 0 Å². The van der Waals surface area contributed by atoms with E-state index in [2.05, 4.69) is 5.32 Å². The molecule has 0 bridgehead atoms. The second kappa shape index (κ2) is 12.5. The van der Waals surface area contributed by atoms with Crippen LogP contribution >= 0.6 is 23.2 Å². The highest BCUT2D eigenvalue weighted by Gasteiger charge is 2.15. The minimum Gasteiger partial charge on any atom is -0.481 e. The maximum atomic E-state index is 13.8. The Kier molecular flexibility index (Phi) is 8.66. The standard InChI is InChI=1S/C32H23Cl2F2N3O3/c33-25-11-24(12-26(34)15-25)29-17-30(21-7-5-20(6-8-21)23-13-27(35)16-28(36)14-23)39(38-29)18-19-1-3-22(4-2-19)32(42)37-10-9-31(40)41/h1-8,11-17H,9-10,18H2,(H,37,42)(H,40,41). The normalized spacial score (nSPS) is 11.0. The first-order valence-electron chi connectivity index (χ1n) is 12.8. The number of rotatable bonds is 9. The maximum Gasteiger partial charge on any atom is 0.305 e. The maximum absolute atomic E-state index is 13.8. The van der Waals surface area contributed by atoms with Gasteiger partial charge in [-0.2, -0.15) is 5.10 Å². The van der Waals surface area contributed by atoms with Crippen molar-refractivity contribution in [2.45, 2.75) is 13.0 Å². The Morgan fingerprint density at radius 2 is 1.38 bits per heavy atom. The summed E-state index contributed by atoms with van der Waals surface area (Å²) in [5, 5.41) is 17.1. The summed E-state index contributed by atoms with van der Waals surface area (Å²) in [6.45, 7) is 0.400. The molecule has 0 saturated heterocycles. The minimum atomic E-state index is -0.988. The van der Waals surface area contributed by atoms with E-state index in [1.165, 1.54) is 12.1 Å². The van der Waals surface area contributed by atoms with Gasteiger partial charge in [-0.25, -0.2) is 8.78 Å². The van der Waals surface area contributed by atoms with E-state index in [0.29, 0.717) is 39.0 Å². The van der Waals surface area contributed by atoms with Crippen molar-refractivity contribution in [2.75, 3.05) is 6.54 Å². The highest BCUT2D eigenvalue weighted by molar-refractivity contribution is 6.35. The van der Waals surface area contributed by atoms with Gasteiger partial charge in [0.1, 0.15) is 11.6 Å². The number of halogens is 4. The summed E-state index contributed by atoms with van der Waals surface area (Å²) in [5.74, 6) is -2.65. The zero-order valence-corrected chi connectivity index (χ0v) is 23.5. The van der Waals surface area contributed by atoms with Crippen molar-refractivity contribution < 1.29 is 23.5 Å². The van der Waals surface area contributed by atoms with E-state index in [0.717, 1.165) is 28.5 Å². The molecule has 0 unspecified atom stereocenters. The van der Waals surface area contributed by atoms with Crippen LogP contribution in [0.2, 0.25) is 10.0 Å². The van der Waals surface area contributed by atoms with E-state index in [4.69, 9.17) is 33.4 Å². The first kappa shape index (κ1) is 29.0. The third-order valence-electron chi connectivity index (χ3n) is 6.49. The Labute approximate surface area is 250 Å². The predicted octanol–water partition coefficient (Wildman–Crippen LogP) is 7.72. The van der Waals surface area contributed by atoms with Crippen LogP contribution in [-0.4, -0.2) is 33.3 Å². The lowest BCUT2D eigenvalue weighted by Gasteiger charge is -2.10. The molecule has 4 aromatic carbocycles. The Bertz CT molecular complexity index is 1730. The van der Waals surface area contributed by atoms with Crippen molar-refractivity contribution in [2.24, 2.45) is 0 Å². The monoisotopic (exact) mass is 605 g/mol. The number of aromatic nitrogens is 2. The van der Waals surface area contributed by atoms with E-state index in [1.54, 1.807) is 54.6 Å². The lowest BCUT2D eigenvalue weighted by Crippen LogP contribution is -2.25. The molecule has 5 aromatic rings. The average molecular weight is 606 g/mol. The highest BCUT2D eigenvalue weighted by Crippen LogP contribution is 2.32. The van der Waals surface area contributed by atoms with Crippen molar-refractivity contribution in [3.05, 3.63) is 124 Å². The molecule has 0 atom stereocenters. The molecule has 0 saturated carbocycles. The van der Waals surface area contributed by atoms with Crippen molar-refractivity contribution in [1.82, 2.24) is 15.1 Å². The molecule has 0 fully saturated rings. The molecular weight excluding hydrogens is 583 g/mol. The van der Waals surface area contributed by atoms with Crippen molar-refractivity contribution >= 4 is 35.1 Å². The van der Waals surface area contributed by atoms with Gasteiger partial charge in [0, 0.05) is 33.8 Å². The number of hydrogen-bond donors (Lipinski definition) is 2. The molecule has 6 nitrogen and oxygen atoms in total. The molecule has 1 amide bonds. The number of hydrogen-bond acceptors (Lipinski definition) is 3. The van der Waals surface area contributed by atoms with Crippen LogP contribution in [0, 0.1) is 11.6 Å². The lowest BCUT2D eigenvalue weighted by molar-refractivity contribution is -0.136. The van der Waals surface area contributed by atoms with E-state index in [-0.39, 0.29) is 18.9 Å². The summed E-state index contributed by atoms with van der Waals surface area (Å²) < 4.78 is 29.4. The second-order valence-electron chi connectivity index (χ2n) is 9.56. The molecule has 10 heteroatoms. The predicted molar refractivity (Wildman–Crippen MR) is 159 cm³/mol. The number of carbonyl (C=O) groups excluding carboxylic acids is 1. The van der Waals surface area contributed by atoms with Gasteiger partial charge in [0.25, 0.3) is 5.91 Å². The van der Waals surface area contributed by atoms with Crippen LogP contribution in [0.15, 0.2) is 91.0 Å². The van der Waals surface area contributed by atoms with Crippen molar-refractivity contribution in [3.8, 4) is 33.6 Å². The van der Waals surface area contributed by atoms with Crippen LogP contribution in [0.5, 0.6) is 0 Å². The number of carbonyl (C=O) groups is 2. The summed E-state index contributed by atoms with van der Waals surface area (Å²) in [4.78, 5) is 23.0. The molecule has 0 radical (unpaired) electrons. The molecule has 0 aliphatic carbocycles. The Balaban J connectivity index is 1.46. The van der Waals surface area contributed by atoms with Gasteiger partial charge in [0.05, 0.1) is 24.4 Å². The van der Waals surface area contributed by atoms with Gasteiger partial charge in [-0.1, -0.05) is 59.6 Å². The quantitative estimate of drug-likeness (QED) is 0.180. The zero-order valence-electron chi connectivity index (χ0n) is 22.0.